The molecule has 0 spiro atoms. The summed E-state index contributed by atoms with van der Waals surface area (Å²) in [6.07, 6.45) is 1.85. The van der Waals surface area contributed by atoms with Crippen LogP contribution in [0.15, 0.2) is 57.7 Å². The van der Waals surface area contributed by atoms with Crippen molar-refractivity contribution in [1.82, 2.24) is 4.98 Å². The van der Waals surface area contributed by atoms with E-state index in [1.54, 1.807) is 28.4 Å². The van der Waals surface area contributed by atoms with Gasteiger partial charge in [0.25, 0.3) is 0 Å². The summed E-state index contributed by atoms with van der Waals surface area (Å²) in [5, 5.41) is 1.54. The van der Waals surface area contributed by atoms with Crippen LogP contribution in [0.2, 0.25) is 25.2 Å². The van der Waals surface area contributed by atoms with Crippen molar-refractivity contribution in [1.29, 1.82) is 0 Å². The van der Waals surface area contributed by atoms with Crippen LogP contribution in [0.5, 0.6) is 0 Å². The van der Waals surface area contributed by atoms with E-state index in [9.17, 15) is 4.79 Å². The van der Waals surface area contributed by atoms with Gasteiger partial charge in [-0.15, -0.1) is 11.3 Å². The van der Waals surface area contributed by atoms with E-state index in [-0.39, 0.29) is 5.63 Å². The molecular weight excluding hydrogens is 549 g/mol. The zero-order valence-electron chi connectivity index (χ0n) is 23.6. The Morgan fingerprint density at radius 3 is 2.08 bits per heavy atom. The molecule has 0 radical (unpaired) electrons. The average molecular weight is 587 g/mol. The van der Waals surface area contributed by atoms with Crippen molar-refractivity contribution in [2.45, 2.75) is 38.0 Å². The molecule has 11 heteroatoms. The standard InChI is InChI=1S/C28H38N2O6SSi2/c1-32-38(5,33-2)17-9-15-30(16-10-18-39(6,34-3)35-4)22-14-13-21-19-23(28(31)36-25(21)20-22)27-29-24-11-7-8-12-26(24)37-27/h7-8,11-14,19-20H,9-10,15-18H2,1-6H3. The van der Waals surface area contributed by atoms with E-state index in [0.717, 1.165) is 59.3 Å². The third-order valence-corrected chi connectivity index (χ3v) is 14.5. The fraction of sp³-hybridized carbons (Fsp3) is 0.429. The van der Waals surface area contributed by atoms with Gasteiger partial charge in [0, 0.05) is 58.7 Å². The Labute approximate surface area is 236 Å². The number of hydrogen-bond donors (Lipinski definition) is 0. The predicted molar refractivity (Wildman–Crippen MR) is 163 cm³/mol. The Hall–Kier alpha value is -2.39. The summed E-state index contributed by atoms with van der Waals surface area (Å²) in [7, 11) is 2.57. The molecule has 2 aromatic heterocycles. The first-order chi connectivity index (χ1) is 18.7. The summed E-state index contributed by atoms with van der Waals surface area (Å²) in [6, 6.07) is 17.6. The summed E-state index contributed by atoms with van der Waals surface area (Å²) in [5.74, 6) is 0. The Kier molecular flexibility index (Phi) is 9.75. The molecule has 0 aliphatic rings. The average Bonchev–Trinajstić information content (AvgIpc) is 3.39. The number of benzene rings is 2. The van der Waals surface area contributed by atoms with Crippen molar-refractivity contribution in [2.75, 3.05) is 46.4 Å². The minimum absolute atomic E-state index is 0.380. The molecule has 8 nitrogen and oxygen atoms in total. The molecule has 0 N–H and O–H groups in total. The van der Waals surface area contributed by atoms with Crippen LogP contribution >= 0.6 is 11.3 Å². The van der Waals surface area contributed by atoms with E-state index in [4.69, 9.17) is 22.1 Å². The van der Waals surface area contributed by atoms with Crippen molar-refractivity contribution >= 4 is 55.3 Å². The van der Waals surface area contributed by atoms with Crippen LogP contribution in [-0.4, -0.2) is 63.6 Å². The number of anilines is 1. The Balaban J connectivity index is 1.59. The van der Waals surface area contributed by atoms with E-state index in [2.05, 4.69) is 29.0 Å². The minimum Gasteiger partial charge on any atom is -0.422 e. The SMILES string of the molecule is CO[Si](C)(CCCN(CCC[Si](C)(OC)OC)c1ccc2cc(-c3nc4ccccc4s3)c(=O)oc2c1)OC. The summed E-state index contributed by atoms with van der Waals surface area (Å²) in [5.41, 5.74) is 2.56. The number of aromatic nitrogens is 1. The molecule has 39 heavy (non-hydrogen) atoms. The monoisotopic (exact) mass is 586 g/mol. The molecule has 4 aromatic rings. The maximum Gasteiger partial charge on any atom is 0.346 e. The number of nitrogens with zero attached hydrogens (tertiary/aromatic N) is 2. The molecule has 0 amide bonds. The lowest BCUT2D eigenvalue weighted by Crippen LogP contribution is -2.38. The number of para-hydroxylation sites is 1. The zero-order chi connectivity index (χ0) is 28.0. The van der Waals surface area contributed by atoms with Crippen molar-refractivity contribution in [3.05, 3.63) is 59.0 Å². The van der Waals surface area contributed by atoms with Gasteiger partial charge in [-0.25, -0.2) is 9.78 Å². The van der Waals surface area contributed by atoms with Gasteiger partial charge in [0.15, 0.2) is 0 Å². The Morgan fingerprint density at radius 2 is 1.49 bits per heavy atom. The van der Waals surface area contributed by atoms with E-state index in [1.165, 1.54) is 11.3 Å². The first kappa shape index (κ1) is 29.6. The highest BCUT2D eigenvalue weighted by Crippen LogP contribution is 2.31. The maximum atomic E-state index is 13.0. The molecule has 4 rings (SSSR count). The number of fused-ring (bicyclic) bond motifs is 2. The van der Waals surface area contributed by atoms with Crippen LogP contribution in [0.4, 0.5) is 5.69 Å². The van der Waals surface area contributed by atoms with E-state index >= 15 is 0 Å². The highest BCUT2D eigenvalue weighted by Gasteiger charge is 2.30. The molecule has 0 aliphatic heterocycles. The second-order valence-electron chi connectivity index (χ2n) is 9.93. The lowest BCUT2D eigenvalue weighted by Gasteiger charge is -2.29. The van der Waals surface area contributed by atoms with Gasteiger partial charge < -0.3 is 27.0 Å². The molecule has 0 atom stereocenters. The van der Waals surface area contributed by atoms with Crippen molar-refractivity contribution < 1.29 is 22.1 Å². The summed E-state index contributed by atoms with van der Waals surface area (Å²) < 4.78 is 29.6. The molecule has 210 valence electrons. The van der Waals surface area contributed by atoms with Crippen LogP contribution in [0.25, 0.3) is 31.8 Å². The maximum absolute atomic E-state index is 13.0. The number of hydrogen-bond acceptors (Lipinski definition) is 9. The molecule has 0 fully saturated rings. The quantitative estimate of drug-likeness (QED) is 0.124. The lowest BCUT2D eigenvalue weighted by molar-refractivity contribution is 0.248. The second-order valence-corrected chi connectivity index (χ2v) is 18.1. The van der Waals surface area contributed by atoms with Gasteiger partial charge in [0.1, 0.15) is 10.6 Å². The largest absolute Gasteiger partial charge is 0.422 e. The minimum atomic E-state index is -2.16. The van der Waals surface area contributed by atoms with Gasteiger partial charge in [-0.1, -0.05) is 12.1 Å². The molecule has 0 aliphatic carbocycles. The Morgan fingerprint density at radius 1 is 0.872 bits per heavy atom. The van der Waals surface area contributed by atoms with E-state index < -0.39 is 17.1 Å². The van der Waals surface area contributed by atoms with E-state index in [1.807, 2.05) is 42.5 Å². The van der Waals surface area contributed by atoms with Gasteiger partial charge >= 0.3 is 22.7 Å². The first-order valence-electron chi connectivity index (χ1n) is 13.1. The first-order valence-corrected chi connectivity index (χ1v) is 19.0. The fourth-order valence-electron chi connectivity index (χ4n) is 4.56. The molecule has 0 saturated heterocycles. The van der Waals surface area contributed by atoms with Crippen LogP contribution in [0, 0.1) is 0 Å². The van der Waals surface area contributed by atoms with E-state index in [0.29, 0.717) is 16.2 Å². The van der Waals surface area contributed by atoms with Crippen molar-refractivity contribution in [3.8, 4) is 10.6 Å². The lowest BCUT2D eigenvalue weighted by atomic mass is 10.1. The molecule has 2 heterocycles. The second kappa shape index (κ2) is 12.9. The van der Waals surface area contributed by atoms with Gasteiger partial charge in [-0.3, -0.25) is 0 Å². The van der Waals surface area contributed by atoms with Gasteiger partial charge in [-0.05, 0) is 68.4 Å². The van der Waals surface area contributed by atoms with Gasteiger partial charge in [-0.2, -0.15) is 0 Å². The summed E-state index contributed by atoms with van der Waals surface area (Å²) in [6.45, 7) is 5.82. The highest BCUT2D eigenvalue weighted by atomic mass is 32.1. The normalized spacial score (nSPS) is 12.5. The van der Waals surface area contributed by atoms with Crippen LogP contribution < -0.4 is 10.5 Å². The Bertz CT molecular complexity index is 1390. The third-order valence-electron chi connectivity index (χ3n) is 7.45. The van der Waals surface area contributed by atoms with Crippen LogP contribution in [0.3, 0.4) is 0 Å². The molecule has 0 bridgehead atoms. The number of thiazole rings is 1. The molecular formula is C28H38N2O6SSi2. The zero-order valence-corrected chi connectivity index (χ0v) is 26.4. The molecule has 0 saturated carbocycles. The van der Waals surface area contributed by atoms with Crippen LogP contribution in [0.1, 0.15) is 12.8 Å². The smallest absolute Gasteiger partial charge is 0.346 e. The predicted octanol–water partition coefficient (Wildman–Crippen LogP) is 6.39. The molecule has 2 aromatic carbocycles. The fourth-order valence-corrected chi connectivity index (χ4v) is 8.28. The number of rotatable bonds is 14. The van der Waals surface area contributed by atoms with Gasteiger partial charge in [0.2, 0.25) is 0 Å². The summed E-state index contributed by atoms with van der Waals surface area (Å²) in [4.78, 5) is 20.0. The van der Waals surface area contributed by atoms with Crippen molar-refractivity contribution in [3.63, 3.8) is 0 Å². The van der Waals surface area contributed by atoms with Crippen molar-refractivity contribution in [2.24, 2.45) is 0 Å². The van der Waals surface area contributed by atoms with Crippen LogP contribution in [-0.2, 0) is 17.7 Å². The third kappa shape index (κ3) is 7.04. The van der Waals surface area contributed by atoms with Gasteiger partial charge in [0.05, 0.1) is 15.8 Å². The topological polar surface area (TPSA) is 83.3 Å². The summed E-state index contributed by atoms with van der Waals surface area (Å²) >= 11 is 1.50. The molecule has 0 unspecified atom stereocenters. The highest BCUT2D eigenvalue weighted by molar-refractivity contribution is 7.21.